The highest BCUT2D eigenvalue weighted by molar-refractivity contribution is 5.92. The van der Waals surface area contributed by atoms with Crippen molar-refractivity contribution < 1.29 is 9.18 Å². The van der Waals surface area contributed by atoms with Crippen LogP contribution in [0.25, 0.3) is 0 Å². The number of pyridine rings is 1. The molecule has 0 saturated heterocycles. The lowest BCUT2D eigenvalue weighted by molar-refractivity contribution is 0.1000. The maximum Gasteiger partial charge on any atom is 0.248 e. The molecule has 104 valence electrons. The molecular weight excluding hydrogens is 257 g/mol. The molecule has 0 bridgehead atoms. The van der Waals surface area contributed by atoms with Gasteiger partial charge < -0.3 is 11.1 Å². The van der Waals surface area contributed by atoms with E-state index in [9.17, 15) is 9.18 Å². The number of nitrogens with two attached hydrogens (primary N) is 1. The first-order chi connectivity index (χ1) is 9.58. The molecule has 2 rings (SSSR count). The van der Waals surface area contributed by atoms with Gasteiger partial charge in [0, 0.05) is 36.1 Å². The van der Waals surface area contributed by atoms with Crippen LogP contribution in [0.2, 0.25) is 0 Å². The van der Waals surface area contributed by atoms with E-state index in [2.05, 4.69) is 10.3 Å². The van der Waals surface area contributed by atoms with Gasteiger partial charge in [0.2, 0.25) is 5.91 Å². The van der Waals surface area contributed by atoms with E-state index in [1.807, 2.05) is 19.1 Å². The maximum absolute atomic E-state index is 13.7. The maximum atomic E-state index is 13.7. The molecule has 0 fully saturated rings. The Hall–Kier alpha value is -2.27. The van der Waals surface area contributed by atoms with E-state index in [-0.39, 0.29) is 11.9 Å². The highest BCUT2D eigenvalue weighted by Gasteiger charge is 2.09. The molecule has 0 aliphatic carbocycles. The zero-order valence-electron chi connectivity index (χ0n) is 11.1. The second kappa shape index (κ2) is 6.25. The fourth-order valence-corrected chi connectivity index (χ4v) is 1.88. The number of benzene rings is 1. The molecular formula is C15H16FN3O. The average Bonchev–Trinajstić information content (AvgIpc) is 2.46. The Kier molecular flexibility index (Phi) is 4.42. The Bertz CT molecular complexity index is 601. The van der Waals surface area contributed by atoms with E-state index in [1.54, 1.807) is 12.4 Å². The van der Waals surface area contributed by atoms with Gasteiger partial charge in [-0.2, -0.15) is 0 Å². The monoisotopic (exact) mass is 273 g/mol. The lowest BCUT2D eigenvalue weighted by atomic mass is 10.1. The van der Waals surface area contributed by atoms with Gasteiger partial charge in [0.25, 0.3) is 0 Å². The number of hydrogen-bond acceptors (Lipinski definition) is 3. The second-order valence-corrected chi connectivity index (χ2v) is 4.56. The standard InChI is InChI=1S/C15H16FN3O/c1-10(12-3-2-6-18-8-12)19-9-13-7-11(15(17)20)4-5-14(13)16/h2-8,10,19H,9H2,1H3,(H2,17,20). The van der Waals surface area contributed by atoms with Crippen molar-refractivity contribution in [2.75, 3.05) is 0 Å². The van der Waals surface area contributed by atoms with Gasteiger partial charge in [-0.1, -0.05) is 6.07 Å². The zero-order valence-corrected chi connectivity index (χ0v) is 11.1. The van der Waals surface area contributed by atoms with Crippen molar-refractivity contribution in [1.29, 1.82) is 0 Å². The van der Waals surface area contributed by atoms with Crippen LogP contribution in [0, 0.1) is 5.82 Å². The van der Waals surface area contributed by atoms with E-state index >= 15 is 0 Å². The number of carbonyl (C=O) groups is 1. The molecule has 0 radical (unpaired) electrons. The SMILES string of the molecule is CC(NCc1cc(C(N)=O)ccc1F)c1cccnc1. The summed E-state index contributed by atoms with van der Waals surface area (Å²) in [6, 6.07) is 7.93. The minimum absolute atomic E-state index is 0.0281. The van der Waals surface area contributed by atoms with Crippen molar-refractivity contribution in [3.8, 4) is 0 Å². The average molecular weight is 273 g/mol. The van der Waals surface area contributed by atoms with Crippen LogP contribution in [0.1, 0.15) is 34.5 Å². The normalized spacial score (nSPS) is 12.1. The zero-order chi connectivity index (χ0) is 14.5. The Balaban J connectivity index is 2.07. The number of carbonyl (C=O) groups excluding carboxylic acids is 1. The predicted molar refractivity (Wildman–Crippen MR) is 74.4 cm³/mol. The molecule has 1 atom stereocenters. The molecule has 3 N–H and O–H groups in total. The van der Waals surface area contributed by atoms with E-state index in [4.69, 9.17) is 5.73 Å². The van der Waals surface area contributed by atoms with Crippen LogP contribution < -0.4 is 11.1 Å². The third kappa shape index (κ3) is 3.39. The Morgan fingerprint density at radius 3 is 2.90 bits per heavy atom. The van der Waals surface area contributed by atoms with Gasteiger partial charge in [0.15, 0.2) is 0 Å². The van der Waals surface area contributed by atoms with Crippen molar-refractivity contribution in [2.24, 2.45) is 5.73 Å². The fourth-order valence-electron chi connectivity index (χ4n) is 1.88. The first kappa shape index (κ1) is 14.1. The molecule has 1 aromatic carbocycles. The van der Waals surface area contributed by atoms with Gasteiger partial charge in [-0.3, -0.25) is 9.78 Å². The van der Waals surface area contributed by atoms with E-state index < -0.39 is 5.91 Å². The largest absolute Gasteiger partial charge is 0.366 e. The molecule has 0 aliphatic heterocycles. The third-order valence-corrected chi connectivity index (χ3v) is 3.11. The van der Waals surface area contributed by atoms with Crippen LogP contribution in [0.15, 0.2) is 42.7 Å². The number of nitrogens with one attached hydrogen (secondary N) is 1. The molecule has 1 unspecified atom stereocenters. The topological polar surface area (TPSA) is 68.0 Å². The third-order valence-electron chi connectivity index (χ3n) is 3.11. The smallest absolute Gasteiger partial charge is 0.248 e. The van der Waals surface area contributed by atoms with Crippen molar-refractivity contribution in [3.63, 3.8) is 0 Å². The molecule has 2 aromatic rings. The highest BCUT2D eigenvalue weighted by atomic mass is 19.1. The number of nitrogens with zero attached hydrogens (tertiary/aromatic N) is 1. The summed E-state index contributed by atoms with van der Waals surface area (Å²) in [5.74, 6) is -0.924. The number of amides is 1. The molecule has 0 spiro atoms. The number of halogens is 1. The van der Waals surface area contributed by atoms with Gasteiger partial charge >= 0.3 is 0 Å². The van der Waals surface area contributed by atoms with E-state index in [0.717, 1.165) is 5.56 Å². The van der Waals surface area contributed by atoms with Crippen molar-refractivity contribution in [3.05, 3.63) is 65.2 Å². The van der Waals surface area contributed by atoms with Crippen LogP contribution in [0.3, 0.4) is 0 Å². The summed E-state index contributed by atoms with van der Waals surface area (Å²) >= 11 is 0. The quantitative estimate of drug-likeness (QED) is 0.877. The molecule has 5 heteroatoms. The predicted octanol–water partition coefficient (Wildman–Crippen LogP) is 2.17. The molecule has 1 aromatic heterocycles. The van der Waals surface area contributed by atoms with Gasteiger partial charge in [0.1, 0.15) is 5.82 Å². The number of rotatable bonds is 5. The summed E-state index contributed by atoms with van der Waals surface area (Å²) in [5, 5.41) is 3.19. The van der Waals surface area contributed by atoms with Crippen LogP contribution in [-0.2, 0) is 6.54 Å². The Labute approximate surface area is 116 Å². The van der Waals surface area contributed by atoms with Gasteiger partial charge in [0.05, 0.1) is 0 Å². The first-order valence-corrected chi connectivity index (χ1v) is 6.29. The Morgan fingerprint density at radius 1 is 1.45 bits per heavy atom. The fraction of sp³-hybridized carbons (Fsp3) is 0.200. The molecule has 0 aliphatic rings. The summed E-state index contributed by atoms with van der Waals surface area (Å²) < 4.78 is 13.7. The summed E-state index contributed by atoms with van der Waals surface area (Å²) in [5.41, 5.74) is 6.92. The van der Waals surface area contributed by atoms with Crippen molar-refractivity contribution in [2.45, 2.75) is 19.5 Å². The van der Waals surface area contributed by atoms with Gasteiger partial charge in [-0.05, 0) is 36.8 Å². The lowest BCUT2D eigenvalue weighted by Gasteiger charge is -2.14. The van der Waals surface area contributed by atoms with Crippen LogP contribution in [-0.4, -0.2) is 10.9 Å². The number of aromatic nitrogens is 1. The minimum atomic E-state index is -0.563. The highest BCUT2D eigenvalue weighted by Crippen LogP contribution is 2.14. The molecule has 4 nitrogen and oxygen atoms in total. The van der Waals surface area contributed by atoms with Gasteiger partial charge in [-0.25, -0.2) is 4.39 Å². The van der Waals surface area contributed by atoms with Crippen LogP contribution in [0.5, 0.6) is 0 Å². The van der Waals surface area contributed by atoms with Gasteiger partial charge in [-0.15, -0.1) is 0 Å². The van der Waals surface area contributed by atoms with Crippen LogP contribution in [0.4, 0.5) is 4.39 Å². The molecule has 20 heavy (non-hydrogen) atoms. The lowest BCUT2D eigenvalue weighted by Crippen LogP contribution is -2.19. The number of primary amides is 1. The van der Waals surface area contributed by atoms with Crippen molar-refractivity contribution >= 4 is 5.91 Å². The van der Waals surface area contributed by atoms with Crippen molar-refractivity contribution in [1.82, 2.24) is 10.3 Å². The van der Waals surface area contributed by atoms with E-state index in [0.29, 0.717) is 17.7 Å². The second-order valence-electron chi connectivity index (χ2n) is 4.56. The first-order valence-electron chi connectivity index (χ1n) is 6.29. The summed E-state index contributed by atoms with van der Waals surface area (Å²) in [7, 11) is 0. The molecule has 0 saturated carbocycles. The Morgan fingerprint density at radius 2 is 2.25 bits per heavy atom. The summed E-state index contributed by atoms with van der Waals surface area (Å²) in [6.45, 7) is 2.27. The number of hydrogen-bond donors (Lipinski definition) is 2. The minimum Gasteiger partial charge on any atom is -0.366 e. The summed E-state index contributed by atoms with van der Waals surface area (Å²) in [4.78, 5) is 15.1. The molecule has 1 amide bonds. The van der Waals surface area contributed by atoms with E-state index in [1.165, 1.54) is 18.2 Å². The van der Waals surface area contributed by atoms with Crippen LogP contribution >= 0.6 is 0 Å². The molecule has 1 heterocycles. The summed E-state index contributed by atoms with van der Waals surface area (Å²) in [6.07, 6.45) is 3.46.